The van der Waals surface area contributed by atoms with Crippen molar-refractivity contribution in [3.8, 4) is 78.1 Å². The molecule has 2 nitrogen and oxygen atoms in total. The largest absolute Gasteiger partial charge is 0.455 e. The first-order chi connectivity index (χ1) is 37.7. The first-order valence-electron chi connectivity index (χ1n) is 26.0. The van der Waals surface area contributed by atoms with E-state index in [-0.39, 0.29) is 0 Å². The van der Waals surface area contributed by atoms with E-state index < -0.39 is 0 Å². The summed E-state index contributed by atoms with van der Waals surface area (Å²) in [4.78, 5) is 2.36. The minimum absolute atomic E-state index is 0.883. The molecule has 14 rings (SSSR count). The molecular formula is C74H49NO. The molecule has 0 bridgehead atoms. The SMILES string of the molecule is c1ccc(-c2c(-c3cccc(-c4ccc(-c5ccc(N(c6ccc(-c7ccc(-c8cccc9ccccc89)cc7)cc6)c6ccc(-c7cc8ccccc8c8ccccc78)cc6)cc5)cc4)c3)oc3ccccc23)cc1. The van der Waals surface area contributed by atoms with Crippen LogP contribution in [0, 0.1) is 0 Å². The Bertz CT molecular complexity index is 4400. The number of hydrogen-bond donors (Lipinski definition) is 0. The maximum absolute atomic E-state index is 6.59. The highest BCUT2D eigenvalue weighted by Gasteiger charge is 2.19. The molecule has 0 aliphatic carbocycles. The van der Waals surface area contributed by atoms with E-state index in [9.17, 15) is 0 Å². The van der Waals surface area contributed by atoms with Crippen LogP contribution in [0.25, 0.3) is 121 Å². The van der Waals surface area contributed by atoms with Gasteiger partial charge in [0.15, 0.2) is 0 Å². The quantitative estimate of drug-likeness (QED) is 0.127. The average Bonchev–Trinajstić information content (AvgIpc) is 3.90. The molecule has 2 heteroatoms. The standard InChI is InChI=1S/C74H49NO/c1-2-15-58(16-3-1)73-70-25-10-11-27-72(70)76-74(73)61-20-12-19-59(48-61)54-30-28-50(29-31-54)52-36-42-62(43-37-52)75(64-46-40-57(41-47-64)71-49-60-17-5-7-22-67(60)68-23-8-9-24-69(68)71)63-44-38-53(39-45-63)51-32-34-56(35-33-51)66-26-13-18-55-14-4-6-21-65(55)66/h1-49H. The number of para-hydroxylation sites is 1. The lowest BCUT2D eigenvalue weighted by Crippen LogP contribution is -2.09. The lowest BCUT2D eigenvalue weighted by molar-refractivity contribution is 0.632. The van der Waals surface area contributed by atoms with E-state index in [1.165, 1.54) is 65.7 Å². The number of rotatable bonds is 10. The normalized spacial score (nSPS) is 11.4. The molecule has 1 heterocycles. The van der Waals surface area contributed by atoms with Gasteiger partial charge in [0, 0.05) is 33.6 Å². The zero-order valence-electron chi connectivity index (χ0n) is 41.6. The second-order valence-corrected chi connectivity index (χ2v) is 19.6. The highest BCUT2D eigenvalue weighted by molar-refractivity contribution is 6.14. The Hall–Kier alpha value is -10.0. The van der Waals surface area contributed by atoms with Crippen LogP contribution in [0.3, 0.4) is 0 Å². The summed E-state index contributed by atoms with van der Waals surface area (Å²) < 4.78 is 6.59. The van der Waals surface area contributed by atoms with Gasteiger partial charge in [0.25, 0.3) is 0 Å². The molecule has 1 aromatic heterocycles. The number of fused-ring (bicyclic) bond motifs is 5. The number of furan rings is 1. The highest BCUT2D eigenvalue weighted by atomic mass is 16.3. The van der Waals surface area contributed by atoms with Gasteiger partial charge in [-0.1, -0.05) is 243 Å². The van der Waals surface area contributed by atoms with Crippen LogP contribution in [-0.2, 0) is 0 Å². The summed E-state index contributed by atoms with van der Waals surface area (Å²) in [5, 5.41) is 8.67. The molecule has 0 spiro atoms. The molecule has 0 saturated carbocycles. The molecule has 0 atom stereocenters. The summed E-state index contributed by atoms with van der Waals surface area (Å²) >= 11 is 0. The Kier molecular flexibility index (Phi) is 11.2. The molecule has 0 radical (unpaired) electrons. The molecule has 13 aromatic carbocycles. The molecule has 0 aliphatic heterocycles. The van der Waals surface area contributed by atoms with Crippen LogP contribution < -0.4 is 4.90 Å². The number of benzene rings is 13. The van der Waals surface area contributed by atoms with Crippen LogP contribution >= 0.6 is 0 Å². The first-order valence-corrected chi connectivity index (χ1v) is 26.0. The second-order valence-electron chi connectivity index (χ2n) is 19.6. The number of anilines is 3. The van der Waals surface area contributed by atoms with Gasteiger partial charge in [-0.05, 0) is 148 Å². The van der Waals surface area contributed by atoms with Crippen LogP contribution in [-0.4, -0.2) is 0 Å². The molecule has 0 saturated heterocycles. The minimum atomic E-state index is 0.883. The van der Waals surface area contributed by atoms with Gasteiger partial charge in [0.05, 0.1) is 0 Å². The van der Waals surface area contributed by atoms with Gasteiger partial charge in [-0.15, -0.1) is 0 Å². The average molecular weight is 968 g/mol. The molecule has 0 N–H and O–H groups in total. The van der Waals surface area contributed by atoms with Crippen molar-refractivity contribution >= 4 is 60.3 Å². The molecule has 0 unspecified atom stereocenters. The molecule has 0 amide bonds. The Morgan fingerprint density at radius 1 is 0.224 bits per heavy atom. The van der Waals surface area contributed by atoms with Gasteiger partial charge in [-0.25, -0.2) is 0 Å². The molecule has 0 fully saturated rings. The number of nitrogens with zero attached hydrogens (tertiary/aromatic N) is 1. The van der Waals surface area contributed by atoms with E-state index in [4.69, 9.17) is 4.42 Å². The third-order valence-electron chi connectivity index (χ3n) is 15.1. The maximum atomic E-state index is 6.59. The van der Waals surface area contributed by atoms with Crippen molar-refractivity contribution in [2.45, 2.75) is 0 Å². The Balaban J connectivity index is 0.781. The van der Waals surface area contributed by atoms with Crippen LogP contribution in [0.1, 0.15) is 0 Å². The van der Waals surface area contributed by atoms with Crippen LogP contribution in [0.5, 0.6) is 0 Å². The van der Waals surface area contributed by atoms with Crippen molar-refractivity contribution in [3.05, 3.63) is 297 Å². The summed E-state index contributed by atoms with van der Waals surface area (Å²) in [5.41, 5.74) is 19.3. The van der Waals surface area contributed by atoms with Crippen LogP contribution in [0.4, 0.5) is 17.1 Å². The van der Waals surface area contributed by atoms with Crippen molar-refractivity contribution in [3.63, 3.8) is 0 Å². The molecule has 356 valence electrons. The van der Waals surface area contributed by atoms with E-state index in [0.717, 1.165) is 72.7 Å². The Morgan fingerprint density at radius 3 is 1.29 bits per heavy atom. The monoisotopic (exact) mass is 967 g/mol. The van der Waals surface area contributed by atoms with Crippen molar-refractivity contribution in [2.75, 3.05) is 4.90 Å². The zero-order chi connectivity index (χ0) is 50.4. The van der Waals surface area contributed by atoms with Crippen molar-refractivity contribution in [2.24, 2.45) is 0 Å². The van der Waals surface area contributed by atoms with Gasteiger partial charge in [-0.3, -0.25) is 0 Å². The Morgan fingerprint density at radius 2 is 0.645 bits per heavy atom. The van der Waals surface area contributed by atoms with Gasteiger partial charge in [0.2, 0.25) is 0 Å². The van der Waals surface area contributed by atoms with E-state index in [2.05, 4.69) is 296 Å². The Labute approximate surface area is 442 Å². The second kappa shape index (κ2) is 19.1. The van der Waals surface area contributed by atoms with Gasteiger partial charge in [0.1, 0.15) is 11.3 Å². The third kappa shape index (κ3) is 8.19. The van der Waals surface area contributed by atoms with Crippen molar-refractivity contribution in [1.29, 1.82) is 0 Å². The summed E-state index contributed by atoms with van der Waals surface area (Å²) in [6.07, 6.45) is 0. The lowest BCUT2D eigenvalue weighted by atomic mass is 9.93. The van der Waals surface area contributed by atoms with Gasteiger partial charge >= 0.3 is 0 Å². The van der Waals surface area contributed by atoms with E-state index in [0.29, 0.717) is 0 Å². The highest BCUT2D eigenvalue weighted by Crippen LogP contribution is 2.43. The summed E-state index contributed by atoms with van der Waals surface area (Å²) in [5.74, 6) is 0.883. The maximum Gasteiger partial charge on any atom is 0.143 e. The fourth-order valence-electron chi connectivity index (χ4n) is 11.3. The minimum Gasteiger partial charge on any atom is -0.455 e. The molecule has 76 heavy (non-hydrogen) atoms. The van der Waals surface area contributed by atoms with Crippen LogP contribution in [0.15, 0.2) is 302 Å². The molecular weight excluding hydrogens is 919 g/mol. The van der Waals surface area contributed by atoms with Crippen molar-refractivity contribution < 1.29 is 4.42 Å². The lowest BCUT2D eigenvalue weighted by Gasteiger charge is -2.26. The van der Waals surface area contributed by atoms with E-state index in [1.807, 2.05) is 6.07 Å². The van der Waals surface area contributed by atoms with Crippen molar-refractivity contribution in [1.82, 2.24) is 0 Å². The van der Waals surface area contributed by atoms with Gasteiger partial charge < -0.3 is 9.32 Å². The van der Waals surface area contributed by atoms with E-state index in [1.54, 1.807) is 0 Å². The van der Waals surface area contributed by atoms with Gasteiger partial charge in [-0.2, -0.15) is 0 Å². The third-order valence-corrected chi connectivity index (χ3v) is 15.1. The molecule has 0 aliphatic rings. The fraction of sp³-hybridized carbons (Fsp3) is 0. The van der Waals surface area contributed by atoms with E-state index >= 15 is 0 Å². The first kappa shape index (κ1) is 44.7. The molecule has 14 aromatic rings. The fourth-order valence-corrected chi connectivity index (χ4v) is 11.3. The number of hydrogen-bond acceptors (Lipinski definition) is 2. The summed E-state index contributed by atoms with van der Waals surface area (Å²) in [6.45, 7) is 0. The summed E-state index contributed by atoms with van der Waals surface area (Å²) in [6, 6.07) is 107. The predicted molar refractivity (Wildman–Crippen MR) is 321 cm³/mol. The van der Waals surface area contributed by atoms with Crippen LogP contribution in [0.2, 0.25) is 0 Å². The topological polar surface area (TPSA) is 16.4 Å². The summed E-state index contributed by atoms with van der Waals surface area (Å²) in [7, 11) is 0. The smallest absolute Gasteiger partial charge is 0.143 e. The predicted octanol–water partition coefficient (Wildman–Crippen LogP) is 21.0. The zero-order valence-corrected chi connectivity index (χ0v) is 41.6.